The molecule has 3 rings (SSSR count). The Kier molecular flexibility index (Phi) is 8.01. The smallest absolute Gasteiger partial charge is 0.354 e. The fraction of sp³-hybridized carbons (Fsp3) is 0.421. The van der Waals surface area contributed by atoms with Gasteiger partial charge in [0.25, 0.3) is 5.91 Å². The fourth-order valence-electron chi connectivity index (χ4n) is 3.53. The van der Waals surface area contributed by atoms with Crippen LogP contribution in [0.5, 0.6) is 0 Å². The van der Waals surface area contributed by atoms with Gasteiger partial charge in [0.2, 0.25) is 11.7 Å². The summed E-state index contributed by atoms with van der Waals surface area (Å²) >= 11 is 0. The lowest BCUT2D eigenvalue weighted by Crippen LogP contribution is -2.42. The minimum atomic E-state index is -4.79. The molecule has 2 amide bonds. The topological polar surface area (TPSA) is 93.2 Å². The van der Waals surface area contributed by atoms with E-state index >= 15 is 0 Å². The molecule has 1 aliphatic heterocycles. The first-order chi connectivity index (χ1) is 14.9. The van der Waals surface area contributed by atoms with E-state index in [2.05, 4.69) is 10.3 Å². The van der Waals surface area contributed by atoms with Crippen molar-refractivity contribution in [2.75, 3.05) is 13.6 Å². The molecule has 14 heteroatoms. The lowest BCUT2D eigenvalue weighted by molar-refractivity contribution is -0.148. The number of rotatable bonds is 5. The van der Waals surface area contributed by atoms with Crippen molar-refractivity contribution in [2.24, 2.45) is 5.73 Å². The number of carbonyl (C=O) groups excluding carboxylic acids is 2. The predicted octanol–water partition coefficient (Wildman–Crippen LogP) is 2.40. The summed E-state index contributed by atoms with van der Waals surface area (Å²) in [5, 5.41) is 2.22. The first kappa shape index (κ1) is 26.5. The number of fused-ring (bicyclic) bond motifs is 1. The SMILES string of the molecule is CNC(=O)c1nc(C(F)(F)F)n2c1CN(C(=O)C[C@H](N)Cc1cc(F)c(F)cc1F)CC2.Cl. The highest BCUT2D eigenvalue weighted by atomic mass is 35.5. The van der Waals surface area contributed by atoms with Gasteiger partial charge in [0, 0.05) is 38.7 Å². The van der Waals surface area contributed by atoms with Crippen LogP contribution in [0.2, 0.25) is 0 Å². The van der Waals surface area contributed by atoms with Crippen molar-refractivity contribution in [3.63, 3.8) is 0 Å². The molecule has 0 aliphatic carbocycles. The van der Waals surface area contributed by atoms with Crippen molar-refractivity contribution in [1.29, 1.82) is 0 Å². The third-order valence-electron chi connectivity index (χ3n) is 5.06. The van der Waals surface area contributed by atoms with Crippen LogP contribution in [0.3, 0.4) is 0 Å². The van der Waals surface area contributed by atoms with Crippen LogP contribution in [-0.2, 0) is 30.5 Å². The van der Waals surface area contributed by atoms with Gasteiger partial charge in [-0.3, -0.25) is 9.59 Å². The molecule has 0 saturated carbocycles. The molecule has 7 nitrogen and oxygen atoms in total. The molecule has 33 heavy (non-hydrogen) atoms. The average molecular weight is 500 g/mol. The van der Waals surface area contributed by atoms with Crippen LogP contribution < -0.4 is 11.1 Å². The van der Waals surface area contributed by atoms with Crippen LogP contribution in [-0.4, -0.2) is 45.9 Å². The number of amides is 2. The lowest BCUT2D eigenvalue weighted by atomic mass is 10.0. The van der Waals surface area contributed by atoms with Crippen LogP contribution in [0.25, 0.3) is 0 Å². The van der Waals surface area contributed by atoms with Crippen LogP contribution >= 0.6 is 12.4 Å². The zero-order valence-electron chi connectivity index (χ0n) is 17.2. The summed E-state index contributed by atoms with van der Waals surface area (Å²) in [6.45, 7) is -0.644. The van der Waals surface area contributed by atoms with Crippen molar-refractivity contribution >= 4 is 24.2 Å². The normalized spacial score (nSPS) is 14.4. The van der Waals surface area contributed by atoms with Crippen LogP contribution in [0.1, 0.15) is 34.0 Å². The Bertz CT molecular complexity index is 1060. The molecule has 1 atom stereocenters. The molecule has 3 N–H and O–H groups in total. The molecular weight excluding hydrogens is 480 g/mol. The largest absolute Gasteiger partial charge is 0.449 e. The highest BCUT2D eigenvalue weighted by molar-refractivity contribution is 5.93. The van der Waals surface area contributed by atoms with Gasteiger partial charge >= 0.3 is 6.18 Å². The number of imidazole rings is 1. The maximum atomic E-state index is 13.8. The summed E-state index contributed by atoms with van der Waals surface area (Å²) < 4.78 is 80.9. The molecule has 0 unspecified atom stereocenters. The van der Waals surface area contributed by atoms with Crippen molar-refractivity contribution in [1.82, 2.24) is 19.8 Å². The number of hydrogen-bond donors (Lipinski definition) is 2. The second kappa shape index (κ2) is 10.00. The lowest BCUT2D eigenvalue weighted by Gasteiger charge is -2.30. The third kappa shape index (κ3) is 5.58. The first-order valence-corrected chi connectivity index (χ1v) is 9.47. The molecule has 2 heterocycles. The number of benzene rings is 1. The average Bonchev–Trinajstić information content (AvgIpc) is 3.10. The molecule has 0 radical (unpaired) electrons. The van der Waals surface area contributed by atoms with Crippen LogP contribution in [0.4, 0.5) is 26.3 Å². The minimum Gasteiger partial charge on any atom is -0.354 e. The summed E-state index contributed by atoms with van der Waals surface area (Å²) in [5.74, 6) is -6.24. The Labute approximate surface area is 190 Å². The van der Waals surface area contributed by atoms with Gasteiger partial charge in [0.05, 0.1) is 12.2 Å². The number of alkyl halides is 3. The Hall–Kier alpha value is -2.80. The zero-order valence-corrected chi connectivity index (χ0v) is 18.0. The molecule has 2 aromatic rings. The summed E-state index contributed by atoms with van der Waals surface area (Å²) in [6.07, 6.45) is -5.37. The maximum absolute atomic E-state index is 13.8. The number of halogens is 7. The standard InChI is InChI=1S/C19H19F6N5O2.ClH/c1-27-17(32)16-14-8-29(2-3-30(14)18(28-16)19(23,24)25)15(31)6-10(26)4-9-5-12(21)13(22)7-11(9)20;/h5,7,10H,2-4,6,8,26H2,1H3,(H,27,32);1H/t10-;/m1./s1. The van der Waals surface area contributed by atoms with Gasteiger partial charge < -0.3 is 20.5 Å². The Morgan fingerprint density at radius 3 is 2.39 bits per heavy atom. The van der Waals surface area contributed by atoms with Crippen molar-refractivity contribution < 1.29 is 35.9 Å². The number of nitrogens with two attached hydrogens (primary N) is 1. The Morgan fingerprint density at radius 1 is 1.15 bits per heavy atom. The van der Waals surface area contributed by atoms with E-state index < -0.39 is 53.0 Å². The molecule has 0 spiro atoms. The highest BCUT2D eigenvalue weighted by Gasteiger charge is 2.41. The predicted molar refractivity (Wildman–Crippen MR) is 106 cm³/mol. The van der Waals surface area contributed by atoms with Crippen molar-refractivity contribution in [3.05, 3.63) is 52.4 Å². The number of aromatic nitrogens is 2. The molecular formula is C19H20ClF6N5O2. The molecule has 0 saturated heterocycles. The van der Waals surface area contributed by atoms with E-state index in [1.54, 1.807) is 0 Å². The van der Waals surface area contributed by atoms with Gasteiger partial charge in [0.1, 0.15) is 5.82 Å². The van der Waals surface area contributed by atoms with E-state index in [-0.39, 0.29) is 56.1 Å². The second-order valence-electron chi connectivity index (χ2n) is 7.30. The van der Waals surface area contributed by atoms with Gasteiger partial charge in [0.15, 0.2) is 17.3 Å². The van der Waals surface area contributed by atoms with E-state index in [9.17, 15) is 35.9 Å². The van der Waals surface area contributed by atoms with Crippen LogP contribution in [0, 0.1) is 17.5 Å². The van der Waals surface area contributed by atoms with Gasteiger partial charge in [-0.15, -0.1) is 12.4 Å². The summed E-state index contributed by atoms with van der Waals surface area (Å²) in [5.41, 5.74) is 5.14. The summed E-state index contributed by atoms with van der Waals surface area (Å²) in [4.78, 5) is 29.3. The van der Waals surface area contributed by atoms with E-state index in [1.165, 1.54) is 11.9 Å². The second-order valence-corrected chi connectivity index (χ2v) is 7.30. The van der Waals surface area contributed by atoms with Gasteiger partial charge in [-0.25, -0.2) is 18.2 Å². The molecule has 1 aliphatic rings. The maximum Gasteiger partial charge on any atom is 0.449 e. The molecule has 0 bridgehead atoms. The number of carbonyl (C=O) groups is 2. The minimum absolute atomic E-state index is 0. The number of hydrogen-bond acceptors (Lipinski definition) is 4. The van der Waals surface area contributed by atoms with Crippen molar-refractivity contribution in [2.45, 2.75) is 38.1 Å². The summed E-state index contributed by atoms with van der Waals surface area (Å²) in [6, 6.07) is 0.0737. The monoisotopic (exact) mass is 499 g/mol. The van der Waals surface area contributed by atoms with Crippen LogP contribution in [0.15, 0.2) is 12.1 Å². The highest BCUT2D eigenvalue weighted by Crippen LogP contribution is 2.32. The molecule has 1 aromatic carbocycles. The van der Waals surface area contributed by atoms with Crippen molar-refractivity contribution in [3.8, 4) is 0 Å². The quantitative estimate of drug-likeness (QED) is 0.488. The fourth-order valence-corrected chi connectivity index (χ4v) is 3.53. The van der Waals surface area contributed by atoms with E-state index in [1.807, 2.05) is 0 Å². The molecule has 182 valence electrons. The van der Waals surface area contributed by atoms with Gasteiger partial charge in [-0.2, -0.15) is 13.2 Å². The van der Waals surface area contributed by atoms with Gasteiger partial charge in [-0.1, -0.05) is 0 Å². The zero-order chi connectivity index (χ0) is 23.8. The summed E-state index contributed by atoms with van der Waals surface area (Å²) in [7, 11) is 1.24. The van der Waals surface area contributed by atoms with Gasteiger partial charge in [-0.05, 0) is 18.1 Å². The van der Waals surface area contributed by atoms with E-state index in [0.29, 0.717) is 12.1 Å². The first-order valence-electron chi connectivity index (χ1n) is 9.47. The van der Waals surface area contributed by atoms with E-state index in [4.69, 9.17) is 5.73 Å². The third-order valence-corrected chi connectivity index (χ3v) is 5.06. The molecule has 0 fully saturated rings. The number of nitrogens with one attached hydrogen (secondary N) is 1. The molecule has 1 aromatic heterocycles. The Morgan fingerprint density at radius 2 is 1.79 bits per heavy atom. The number of nitrogens with zero attached hydrogens (tertiary/aromatic N) is 3. The Balaban J connectivity index is 0.00000385. The van der Waals surface area contributed by atoms with E-state index in [0.717, 1.165) is 4.57 Å².